The van der Waals surface area contributed by atoms with Crippen molar-refractivity contribution in [2.45, 2.75) is 6.61 Å². The third-order valence-corrected chi connectivity index (χ3v) is 2.30. The number of ether oxygens (including phenoxy) is 1. The Hall–Kier alpha value is -1.04. The number of benzene rings is 1. The van der Waals surface area contributed by atoms with Gasteiger partial charge < -0.3 is 20.1 Å². The SMILES string of the molecule is OB(O)c1cccc2c1COCCN2. The molecule has 0 aromatic heterocycles. The van der Waals surface area contributed by atoms with Gasteiger partial charge in [0.2, 0.25) is 0 Å². The summed E-state index contributed by atoms with van der Waals surface area (Å²) in [5.41, 5.74) is 2.27. The van der Waals surface area contributed by atoms with Gasteiger partial charge in [0.05, 0.1) is 13.2 Å². The van der Waals surface area contributed by atoms with Crippen LogP contribution in [-0.4, -0.2) is 30.3 Å². The van der Waals surface area contributed by atoms with Crippen molar-refractivity contribution in [3.05, 3.63) is 23.8 Å². The number of anilines is 1. The summed E-state index contributed by atoms with van der Waals surface area (Å²) in [7, 11) is -1.44. The van der Waals surface area contributed by atoms with Gasteiger partial charge in [-0.15, -0.1) is 0 Å². The summed E-state index contributed by atoms with van der Waals surface area (Å²) in [6, 6.07) is 5.40. The number of nitrogens with one attached hydrogen (secondary N) is 1. The molecule has 0 bridgehead atoms. The molecule has 2 rings (SSSR count). The maximum Gasteiger partial charge on any atom is 0.488 e. The van der Waals surface area contributed by atoms with Crippen molar-refractivity contribution in [1.82, 2.24) is 0 Å². The van der Waals surface area contributed by atoms with Gasteiger partial charge in [0.1, 0.15) is 0 Å². The first-order chi connectivity index (χ1) is 6.79. The van der Waals surface area contributed by atoms with Crippen LogP contribution in [0.4, 0.5) is 5.69 Å². The van der Waals surface area contributed by atoms with Crippen LogP contribution >= 0.6 is 0 Å². The van der Waals surface area contributed by atoms with E-state index in [2.05, 4.69) is 5.32 Å². The lowest BCUT2D eigenvalue weighted by Gasteiger charge is -2.11. The molecular weight excluding hydrogens is 181 g/mol. The zero-order valence-corrected chi connectivity index (χ0v) is 7.73. The summed E-state index contributed by atoms with van der Waals surface area (Å²) in [6.45, 7) is 1.81. The first-order valence-electron chi connectivity index (χ1n) is 4.58. The van der Waals surface area contributed by atoms with E-state index in [9.17, 15) is 0 Å². The van der Waals surface area contributed by atoms with Gasteiger partial charge in [0.25, 0.3) is 0 Å². The van der Waals surface area contributed by atoms with E-state index in [1.807, 2.05) is 6.07 Å². The summed E-state index contributed by atoms with van der Waals surface area (Å²) in [5, 5.41) is 21.5. The lowest BCUT2D eigenvalue weighted by molar-refractivity contribution is 0.135. The van der Waals surface area contributed by atoms with Gasteiger partial charge in [-0.2, -0.15) is 0 Å². The minimum Gasteiger partial charge on any atom is -0.423 e. The van der Waals surface area contributed by atoms with E-state index in [0.717, 1.165) is 17.8 Å². The monoisotopic (exact) mass is 193 g/mol. The predicted molar refractivity (Wildman–Crippen MR) is 54.4 cm³/mol. The van der Waals surface area contributed by atoms with Crippen molar-refractivity contribution in [2.24, 2.45) is 0 Å². The first kappa shape index (κ1) is 9.52. The molecule has 5 heteroatoms. The van der Waals surface area contributed by atoms with Crippen molar-refractivity contribution in [3.8, 4) is 0 Å². The van der Waals surface area contributed by atoms with Crippen molar-refractivity contribution in [2.75, 3.05) is 18.5 Å². The Morgan fingerprint density at radius 1 is 1.36 bits per heavy atom. The van der Waals surface area contributed by atoms with Gasteiger partial charge in [-0.25, -0.2) is 0 Å². The average molecular weight is 193 g/mol. The largest absolute Gasteiger partial charge is 0.488 e. The highest BCUT2D eigenvalue weighted by Crippen LogP contribution is 2.16. The summed E-state index contributed by atoms with van der Waals surface area (Å²) in [6.07, 6.45) is 0. The molecule has 1 heterocycles. The second kappa shape index (κ2) is 4.00. The topological polar surface area (TPSA) is 61.7 Å². The number of hydrogen-bond donors (Lipinski definition) is 3. The molecule has 0 radical (unpaired) electrons. The number of rotatable bonds is 1. The molecule has 1 aromatic carbocycles. The van der Waals surface area contributed by atoms with Crippen LogP contribution in [0.15, 0.2) is 18.2 Å². The minimum atomic E-state index is -1.44. The zero-order valence-electron chi connectivity index (χ0n) is 7.73. The number of fused-ring (bicyclic) bond motifs is 1. The minimum absolute atomic E-state index is 0.427. The van der Waals surface area contributed by atoms with Crippen molar-refractivity contribution >= 4 is 18.3 Å². The molecule has 1 aromatic rings. The fourth-order valence-electron chi connectivity index (χ4n) is 1.61. The van der Waals surface area contributed by atoms with Crippen molar-refractivity contribution in [3.63, 3.8) is 0 Å². The third kappa shape index (κ3) is 1.75. The Kier molecular flexibility index (Phi) is 2.72. The molecule has 1 aliphatic heterocycles. The normalized spacial score (nSPS) is 15.3. The molecule has 74 valence electrons. The van der Waals surface area contributed by atoms with Crippen LogP contribution in [0, 0.1) is 0 Å². The van der Waals surface area contributed by atoms with Crippen molar-refractivity contribution < 1.29 is 14.8 Å². The van der Waals surface area contributed by atoms with E-state index in [0.29, 0.717) is 18.7 Å². The van der Waals surface area contributed by atoms with Crippen LogP contribution in [0.25, 0.3) is 0 Å². The summed E-state index contributed by atoms with van der Waals surface area (Å²) in [5.74, 6) is 0. The second-order valence-electron chi connectivity index (χ2n) is 3.23. The molecule has 3 N–H and O–H groups in total. The third-order valence-electron chi connectivity index (χ3n) is 2.30. The van der Waals surface area contributed by atoms with Crippen LogP contribution in [-0.2, 0) is 11.3 Å². The molecule has 0 aliphatic carbocycles. The van der Waals surface area contributed by atoms with E-state index in [1.165, 1.54) is 0 Å². The molecule has 0 saturated heterocycles. The van der Waals surface area contributed by atoms with E-state index in [-0.39, 0.29) is 0 Å². The molecule has 0 amide bonds. The van der Waals surface area contributed by atoms with E-state index in [1.54, 1.807) is 12.1 Å². The molecular formula is C9H12BNO3. The number of hydrogen-bond acceptors (Lipinski definition) is 4. The molecule has 1 aliphatic rings. The predicted octanol–water partition coefficient (Wildman–Crippen LogP) is -0.692. The van der Waals surface area contributed by atoms with Gasteiger partial charge in [-0.3, -0.25) is 0 Å². The van der Waals surface area contributed by atoms with Gasteiger partial charge >= 0.3 is 7.12 Å². The Labute approximate surface area is 82.7 Å². The standard InChI is InChI=1S/C9H12BNO3/c12-10(13)8-2-1-3-9-7(8)6-14-5-4-11-9/h1-3,11-13H,4-6H2. The second-order valence-corrected chi connectivity index (χ2v) is 3.23. The van der Waals surface area contributed by atoms with E-state index in [4.69, 9.17) is 14.8 Å². The van der Waals surface area contributed by atoms with Crippen molar-refractivity contribution in [1.29, 1.82) is 0 Å². The molecule has 0 saturated carbocycles. The Morgan fingerprint density at radius 3 is 3.00 bits per heavy atom. The lowest BCUT2D eigenvalue weighted by atomic mass is 9.76. The molecule has 0 atom stereocenters. The maximum absolute atomic E-state index is 9.14. The summed E-state index contributed by atoms with van der Waals surface area (Å²) < 4.78 is 5.33. The lowest BCUT2D eigenvalue weighted by Crippen LogP contribution is -2.33. The average Bonchev–Trinajstić information content (AvgIpc) is 2.41. The molecule has 0 spiro atoms. The molecule has 14 heavy (non-hydrogen) atoms. The first-order valence-corrected chi connectivity index (χ1v) is 4.58. The van der Waals surface area contributed by atoms with Crippen LogP contribution in [0.2, 0.25) is 0 Å². The van der Waals surface area contributed by atoms with Crippen LogP contribution < -0.4 is 10.8 Å². The highest BCUT2D eigenvalue weighted by atomic mass is 16.5. The molecule has 0 unspecified atom stereocenters. The van der Waals surface area contributed by atoms with Gasteiger partial charge in [0.15, 0.2) is 0 Å². The fraction of sp³-hybridized carbons (Fsp3) is 0.333. The quantitative estimate of drug-likeness (QED) is 0.516. The Balaban J connectivity index is 2.42. The highest BCUT2D eigenvalue weighted by molar-refractivity contribution is 6.59. The highest BCUT2D eigenvalue weighted by Gasteiger charge is 2.19. The zero-order chi connectivity index (χ0) is 9.97. The summed E-state index contributed by atoms with van der Waals surface area (Å²) in [4.78, 5) is 0. The fourth-order valence-corrected chi connectivity index (χ4v) is 1.61. The van der Waals surface area contributed by atoms with Crippen LogP contribution in [0.1, 0.15) is 5.56 Å². The summed E-state index contributed by atoms with van der Waals surface area (Å²) >= 11 is 0. The van der Waals surface area contributed by atoms with E-state index < -0.39 is 7.12 Å². The molecule has 4 nitrogen and oxygen atoms in total. The Morgan fingerprint density at radius 2 is 2.21 bits per heavy atom. The van der Waals surface area contributed by atoms with Gasteiger partial charge in [-0.05, 0) is 11.5 Å². The maximum atomic E-state index is 9.14. The smallest absolute Gasteiger partial charge is 0.423 e. The van der Waals surface area contributed by atoms with E-state index >= 15 is 0 Å². The molecule has 0 fully saturated rings. The Bertz CT molecular complexity index is 330. The van der Waals surface area contributed by atoms with Crippen LogP contribution in [0.3, 0.4) is 0 Å². The van der Waals surface area contributed by atoms with Gasteiger partial charge in [0, 0.05) is 17.8 Å². The van der Waals surface area contributed by atoms with Gasteiger partial charge in [-0.1, -0.05) is 12.1 Å². The van der Waals surface area contributed by atoms with Crippen LogP contribution in [0.5, 0.6) is 0 Å².